The van der Waals surface area contributed by atoms with E-state index in [1.54, 1.807) is 7.05 Å². The molecule has 5 nitrogen and oxygen atoms in total. The van der Waals surface area contributed by atoms with Crippen molar-refractivity contribution < 1.29 is 9.59 Å². The van der Waals surface area contributed by atoms with Gasteiger partial charge in [0, 0.05) is 13.5 Å². The van der Waals surface area contributed by atoms with Crippen LogP contribution in [-0.4, -0.2) is 38.5 Å². The van der Waals surface area contributed by atoms with E-state index in [4.69, 9.17) is 0 Å². The maximum Gasteiger partial charge on any atom is 0.239 e. The second-order valence-corrected chi connectivity index (χ2v) is 4.74. The maximum absolute atomic E-state index is 11.6. The van der Waals surface area contributed by atoms with Crippen molar-refractivity contribution in [3.63, 3.8) is 0 Å². The van der Waals surface area contributed by atoms with Crippen LogP contribution in [0.25, 0.3) is 0 Å². The summed E-state index contributed by atoms with van der Waals surface area (Å²) < 4.78 is 0. The predicted octanol–water partition coefficient (Wildman–Crippen LogP) is -0.126. The molecule has 1 fully saturated rings. The second-order valence-electron chi connectivity index (χ2n) is 4.74. The highest BCUT2D eigenvalue weighted by Crippen LogP contribution is 2.22. The van der Waals surface area contributed by atoms with Gasteiger partial charge in [0.2, 0.25) is 11.8 Å². The number of carbonyl (C=O) groups is 2. The number of hydrogen-bond donors (Lipinski definition) is 3. The minimum absolute atomic E-state index is 0.0355. The number of likely N-dealkylation sites (N-methyl/N-ethyl adjacent to an activating group) is 1. The summed E-state index contributed by atoms with van der Waals surface area (Å²) in [5.74, 6) is 0.749. The molecule has 0 saturated carbocycles. The summed E-state index contributed by atoms with van der Waals surface area (Å²) >= 11 is 0. The Morgan fingerprint density at radius 2 is 2.18 bits per heavy atom. The van der Waals surface area contributed by atoms with Gasteiger partial charge in [-0.05, 0) is 37.8 Å². The molecule has 2 unspecified atom stereocenters. The molecule has 17 heavy (non-hydrogen) atoms. The van der Waals surface area contributed by atoms with Gasteiger partial charge in [-0.1, -0.05) is 6.92 Å². The lowest BCUT2D eigenvalue weighted by Gasteiger charge is -2.27. The van der Waals surface area contributed by atoms with Crippen molar-refractivity contribution in [3.05, 3.63) is 0 Å². The zero-order valence-electron chi connectivity index (χ0n) is 10.7. The average molecular weight is 241 g/mol. The number of rotatable bonds is 5. The Hall–Kier alpha value is -1.10. The lowest BCUT2D eigenvalue weighted by atomic mass is 9.85. The lowest BCUT2D eigenvalue weighted by Crippen LogP contribution is -2.38. The lowest BCUT2D eigenvalue weighted by molar-refractivity contribution is -0.126. The maximum atomic E-state index is 11.6. The van der Waals surface area contributed by atoms with E-state index >= 15 is 0 Å². The first-order chi connectivity index (χ1) is 8.13. The Bertz CT molecular complexity index is 262. The molecule has 1 aliphatic rings. The fraction of sp³-hybridized carbons (Fsp3) is 0.833. The standard InChI is InChI=1S/C12H23N3O2/c1-9(10-4-3-5-14-7-10)6-11(16)15-8-12(17)13-2/h9-10,14H,3-8H2,1-2H3,(H,13,17)(H,15,16). The Morgan fingerprint density at radius 3 is 2.76 bits per heavy atom. The fourth-order valence-electron chi connectivity index (χ4n) is 2.16. The van der Waals surface area contributed by atoms with Crippen molar-refractivity contribution >= 4 is 11.8 Å². The first kappa shape index (κ1) is 14.0. The normalized spacial score (nSPS) is 21.6. The molecule has 1 saturated heterocycles. The molecular formula is C12H23N3O2. The molecule has 0 bridgehead atoms. The highest BCUT2D eigenvalue weighted by molar-refractivity contribution is 5.84. The largest absolute Gasteiger partial charge is 0.358 e. The third kappa shape index (κ3) is 5.17. The van der Waals surface area contributed by atoms with E-state index in [1.807, 2.05) is 0 Å². The van der Waals surface area contributed by atoms with Crippen LogP contribution in [0.4, 0.5) is 0 Å². The Morgan fingerprint density at radius 1 is 1.41 bits per heavy atom. The molecule has 98 valence electrons. The fourth-order valence-corrected chi connectivity index (χ4v) is 2.16. The van der Waals surface area contributed by atoms with Crippen LogP contribution < -0.4 is 16.0 Å². The topological polar surface area (TPSA) is 70.2 Å². The molecule has 0 spiro atoms. The molecule has 0 aromatic rings. The monoisotopic (exact) mass is 241 g/mol. The minimum atomic E-state index is -0.162. The molecule has 1 aliphatic heterocycles. The third-order valence-corrected chi connectivity index (χ3v) is 3.37. The van der Waals surface area contributed by atoms with Crippen LogP contribution in [0.2, 0.25) is 0 Å². The van der Waals surface area contributed by atoms with Crippen LogP contribution in [0.1, 0.15) is 26.2 Å². The first-order valence-corrected chi connectivity index (χ1v) is 6.31. The first-order valence-electron chi connectivity index (χ1n) is 6.31. The second kappa shape index (κ2) is 7.27. The van der Waals surface area contributed by atoms with E-state index in [-0.39, 0.29) is 18.4 Å². The number of piperidine rings is 1. The number of hydrogen-bond acceptors (Lipinski definition) is 3. The smallest absolute Gasteiger partial charge is 0.239 e. The molecule has 0 aromatic carbocycles. The van der Waals surface area contributed by atoms with Gasteiger partial charge in [-0.3, -0.25) is 9.59 Å². The summed E-state index contributed by atoms with van der Waals surface area (Å²) in [7, 11) is 1.56. The summed E-state index contributed by atoms with van der Waals surface area (Å²) in [6.07, 6.45) is 2.88. The molecule has 2 atom stereocenters. The van der Waals surface area contributed by atoms with Crippen molar-refractivity contribution in [2.75, 3.05) is 26.7 Å². The third-order valence-electron chi connectivity index (χ3n) is 3.37. The van der Waals surface area contributed by atoms with Gasteiger partial charge < -0.3 is 16.0 Å². The van der Waals surface area contributed by atoms with Gasteiger partial charge in [0.1, 0.15) is 0 Å². The average Bonchev–Trinajstić information content (AvgIpc) is 2.36. The quantitative estimate of drug-likeness (QED) is 0.628. The molecule has 2 amide bonds. The minimum Gasteiger partial charge on any atom is -0.358 e. The molecule has 0 aliphatic carbocycles. The zero-order chi connectivity index (χ0) is 12.7. The van der Waals surface area contributed by atoms with Crippen LogP contribution in [0, 0.1) is 11.8 Å². The summed E-state index contributed by atoms with van der Waals surface area (Å²) in [6.45, 7) is 4.28. The Balaban J connectivity index is 2.22. The van der Waals surface area contributed by atoms with Gasteiger partial charge in [0.25, 0.3) is 0 Å². The van der Waals surface area contributed by atoms with Crippen LogP contribution in [0.15, 0.2) is 0 Å². The predicted molar refractivity (Wildman–Crippen MR) is 66.5 cm³/mol. The summed E-state index contributed by atoms with van der Waals surface area (Å²) in [5.41, 5.74) is 0. The Kier molecular flexibility index (Phi) is 5.97. The number of amides is 2. The van der Waals surface area contributed by atoms with E-state index in [2.05, 4.69) is 22.9 Å². The van der Waals surface area contributed by atoms with Crippen molar-refractivity contribution in [1.29, 1.82) is 0 Å². The molecule has 5 heteroatoms. The van der Waals surface area contributed by atoms with Gasteiger partial charge in [0.15, 0.2) is 0 Å². The van der Waals surface area contributed by atoms with Crippen LogP contribution >= 0.6 is 0 Å². The molecule has 1 heterocycles. The summed E-state index contributed by atoms with van der Waals surface area (Å²) in [4.78, 5) is 22.6. The van der Waals surface area contributed by atoms with E-state index < -0.39 is 0 Å². The zero-order valence-corrected chi connectivity index (χ0v) is 10.7. The van der Waals surface area contributed by atoms with E-state index in [0.717, 1.165) is 13.1 Å². The van der Waals surface area contributed by atoms with Crippen molar-refractivity contribution in [2.24, 2.45) is 11.8 Å². The van der Waals surface area contributed by atoms with E-state index in [1.165, 1.54) is 12.8 Å². The van der Waals surface area contributed by atoms with Crippen LogP contribution in [0.3, 0.4) is 0 Å². The summed E-state index contributed by atoms with van der Waals surface area (Å²) in [6, 6.07) is 0. The van der Waals surface area contributed by atoms with E-state index in [0.29, 0.717) is 18.3 Å². The van der Waals surface area contributed by atoms with Gasteiger partial charge in [0.05, 0.1) is 6.54 Å². The van der Waals surface area contributed by atoms with E-state index in [9.17, 15) is 9.59 Å². The number of nitrogens with one attached hydrogen (secondary N) is 3. The highest BCUT2D eigenvalue weighted by Gasteiger charge is 2.21. The Labute approximate surface area is 103 Å². The van der Waals surface area contributed by atoms with Gasteiger partial charge >= 0.3 is 0 Å². The van der Waals surface area contributed by atoms with Gasteiger partial charge in [-0.2, -0.15) is 0 Å². The number of carbonyl (C=O) groups excluding carboxylic acids is 2. The van der Waals surface area contributed by atoms with Crippen molar-refractivity contribution in [1.82, 2.24) is 16.0 Å². The van der Waals surface area contributed by atoms with Crippen molar-refractivity contribution in [2.45, 2.75) is 26.2 Å². The van der Waals surface area contributed by atoms with Gasteiger partial charge in [-0.15, -0.1) is 0 Å². The molecule has 3 N–H and O–H groups in total. The molecule has 1 rings (SSSR count). The highest BCUT2D eigenvalue weighted by atomic mass is 16.2. The SMILES string of the molecule is CNC(=O)CNC(=O)CC(C)C1CCCNC1. The van der Waals surface area contributed by atoms with Crippen LogP contribution in [0.5, 0.6) is 0 Å². The summed E-state index contributed by atoms with van der Waals surface area (Å²) in [5, 5.41) is 8.46. The van der Waals surface area contributed by atoms with Crippen LogP contribution in [-0.2, 0) is 9.59 Å². The molecular weight excluding hydrogens is 218 g/mol. The van der Waals surface area contributed by atoms with Crippen molar-refractivity contribution in [3.8, 4) is 0 Å². The molecule has 0 radical (unpaired) electrons. The molecule has 0 aromatic heterocycles. The van der Waals surface area contributed by atoms with Gasteiger partial charge in [-0.25, -0.2) is 0 Å².